The maximum atomic E-state index is 11.2. The fourth-order valence-corrected chi connectivity index (χ4v) is 1.02. The Labute approximate surface area is 94.5 Å². The summed E-state index contributed by atoms with van der Waals surface area (Å²) in [6.45, 7) is 3.84. The maximum Gasteiger partial charge on any atom is 0.411 e. The van der Waals surface area contributed by atoms with Crippen LogP contribution in [0.15, 0.2) is 42.6 Å². The van der Waals surface area contributed by atoms with Crippen molar-refractivity contribution in [1.82, 2.24) is 5.32 Å². The number of amides is 1. The molecular weight excluding hydrogens is 210 g/mol. The van der Waals surface area contributed by atoms with Gasteiger partial charge in [0.1, 0.15) is 6.61 Å². The summed E-state index contributed by atoms with van der Waals surface area (Å²) < 4.78 is 4.96. The third-order valence-corrected chi connectivity index (χ3v) is 2.06. The second kappa shape index (κ2) is 6.14. The zero-order chi connectivity index (χ0) is 11.1. The van der Waals surface area contributed by atoms with Crippen LogP contribution in [-0.4, -0.2) is 11.8 Å². The van der Waals surface area contributed by atoms with Crippen LogP contribution in [0.5, 0.6) is 0 Å². The average Bonchev–Trinajstić information content (AvgIpc) is 2.27. The third-order valence-electron chi connectivity index (χ3n) is 1.68. The number of rotatable bonds is 4. The molecule has 0 fully saturated rings. The minimum atomic E-state index is -0.502. The SMILES string of the molecule is C=C(CS)NC(=O)OCc1ccccc1. The maximum absolute atomic E-state index is 11.2. The summed E-state index contributed by atoms with van der Waals surface area (Å²) in [6.07, 6.45) is -0.502. The van der Waals surface area contributed by atoms with Gasteiger partial charge in [-0.25, -0.2) is 4.79 Å². The number of thiol groups is 1. The molecule has 4 heteroatoms. The predicted molar refractivity (Wildman–Crippen MR) is 62.8 cm³/mol. The molecule has 0 bridgehead atoms. The summed E-state index contributed by atoms with van der Waals surface area (Å²) in [5.74, 6) is 0.403. The molecule has 0 atom stereocenters. The van der Waals surface area contributed by atoms with Crippen LogP contribution in [0.25, 0.3) is 0 Å². The van der Waals surface area contributed by atoms with E-state index in [1.165, 1.54) is 0 Å². The number of hydrogen-bond acceptors (Lipinski definition) is 3. The van der Waals surface area contributed by atoms with E-state index in [1.54, 1.807) is 0 Å². The number of nitrogens with one attached hydrogen (secondary N) is 1. The van der Waals surface area contributed by atoms with Gasteiger partial charge in [-0.3, -0.25) is 5.32 Å². The van der Waals surface area contributed by atoms with Crippen molar-refractivity contribution in [2.24, 2.45) is 0 Å². The summed E-state index contributed by atoms with van der Waals surface area (Å²) in [5, 5.41) is 2.47. The highest BCUT2D eigenvalue weighted by Gasteiger charge is 2.02. The second-order valence-corrected chi connectivity index (χ2v) is 3.26. The number of benzene rings is 1. The molecule has 0 saturated carbocycles. The summed E-state index contributed by atoms with van der Waals surface area (Å²) in [5.41, 5.74) is 1.47. The molecule has 1 aromatic carbocycles. The topological polar surface area (TPSA) is 38.3 Å². The first-order chi connectivity index (χ1) is 7.22. The van der Waals surface area contributed by atoms with Gasteiger partial charge in [-0.05, 0) is 5.56 Å². The van der Waals surface area contributed by atoms with Gasteiger partial charge >= 0.3 is 6.09 Å². The number of carbonyl (C=O) groups excluding carboxylic acids is 1. The Morgan fingerprint density at radius 2 is 2.07 bits per heavy atom. The Bertz CT molecular complexity index is 338. The zero-order valence-electron chi connectivity index (χ0n) is 8.27. The van der Waals surface area contributed by atoms with Gasteiger partial charge in [0.15, 0.2) is 0 Å². The molecule has 80 valence electrons. The molecule has 0 unspecified atom stereocenters. The normalized spacial score (nSPS) is 9.40. The largest absolute Gasteiger partial charge is 0.444 e. The first-order valence-electron chi connectivity index (χ1n) is 4.48. The average molecular weight is 223 g/mol. The number of alkyl carbamates (subject to hydrolysis) is 1. The molecule has 0 aliphatic heterocycles. The Kier molecular flexibility index (Phi) is 4.77. The lowest BCUT2D eigenvalue weighted by Crippen LogP contribution is -2.23. The van der Waals surface area contributed by atoms with E-state index in [0.29, 0.717) is 11.4 Å². The zero-order valence-corrected chi connectivity index (χ0v) is 9.17. The van der Waals surface area contributed by atoms with E-state index in [0.717, 1.165) is 5.56 Å². The monoisotopic (exact) mass is 223 g/mol. The van der Waals surface area contributed by atoms with Gasteiger partial charge in [0.2, 0.25) is 0 Å². The highest BCUT2D eigenvalue weighted by Crippen LogP contribution is 2.00. The van der Waals surface area contributed by atoms with E-state index in [2.05, 4.69) is 24.5 Å². The van der Waals surface area contributed by atoms with Crippen LogP contribution < -0.4 is 5.32 Å². The lowest BCUT2D eigenvalue weighted by atomic mass is 10.2. The van der Waals surface area contributed by atoms with Crippen molar-refractivity contribution in [1.29, 1.82) is 0 Å². The highest BCUT2D eigenvalue weighted by atomic mass is 32.1. The summed E-state index contributed by atoms with van der Waals surface area (Å²) in [6, 6.07) is 9.47. The van der Waals surface area contributed by atoms with Crippen molar-refractivity contribution >= 4 is 18.7 Å². The molecule has 0 aliphatic carbocycles. The van der Waals surface area contributed by atoms with Crippen molar-refractivity contribution in [3.63, 3.8) is 0 Å². The molecule has 1 amide bonds. The van der Waals surface area contributed by atoms with Gasteiger partial charge < -0.3 is 4.74 Å². The van der Waals surface area contributed by atoms with Crippen LogP contribution >= 0.6 is 12.6 Å². The van der Waals surface area contributed by atoms with E-state index in [4.69, 9.17) is 4.74 Å². The molecule has 15 heavy (non-hydrogen) atoms. The number of hydrogen-bond donors (Lipinski definition) is 2. The molecule has 1 rings (SSSR count). The highest BCUT2D eigenvalue weighted by molar-refractivity contribution is 7.80. The Morgan fingerprint density at radius 3 is 2.67 bits per heavy atom. The van der Waals surface area contributed by atoms with Crippen LogP contribution in [0.3, 0.4) is 0 Å². The van der Waals surface area contributed by atoms with Crippen molar-refractivity contribution in [3.8, 4) is 0 Å². The minimum absolute atomic E-state index is 0.256. The van der Waals surface area contributed by atoms with E-state index in [9.17, 15) is 4.79 Å². The van der Waals surface area contributed by atoms with E-state index in [-0.39, 0.29) is 6.61 Å². The molecule has 0 radical (unpaired) electrons. The molecule has 0 aliphatic rings. The Morgan fingerprint density at radius 1 is 1.40 bits per heavy atom. The van der Waals surface area contributed by atoms with Gasteiger partial charge in [0, 0.05) is 11.4 Å². The Balaban J connectivity index is 2.32. The van der Waals surface area contributed by atoms with Crippen LogP contribution in [0, 0.1) is 0 Å². The number of carbonyl (C=O) groups is 1. The first kappa shape index (κ1) is 11.7. The molecule has 0 saturated heterocycles. The fraction of sp³-hybridized carbons (Fsp3) is 0.182. The van der Waals surface area contributed by atoms with Gasteiger partial charge in [-0.2, -0.15) is 12.6 Å². The fourth-order valence-electron chi connectivity index (χ4n) is 0.943. The lowest BCUT2D eigenvalue weighted by Gasteiger charge is -2.07. The smallest absolute Gasteiger partial charge is 0.411 e. The third kappa shape index (κ3) is 4.56. The summed E-state index contributed by atoms with van der Waals surface area (Å²) >= 11 is 3.96. The van der Waals surface area contributed by atoms with Crippen molar-refractivity contribution in [2.75, 3.05) is 5.75 Å². The van der Waals surface area contributed by atoms with E-state index in [1.807, 2.05) is 30.3 Å². The van der Waals surface area contributed by atoms with Crippen molar-refractivity contribution < 1.29 is 9.53 Å². The van der Waals surface area contributed by atoms with Gasteiger partial charge in [0.05, 0.1) is 0 Å². The van der Waals surface area contributed by atoms with Crippen LogP contribution in [-0.2, 0) is 11.3 Å². The second-order valence-electron chi connectivity index (χ2n) is 2.95. The molecule has 1 N–H and O–H groups in total. The molecule has 1 aromatic rings. The minimum Gasteiger partial charge on any atom is -0.444 e. The molecule has 0 aromatic heterocycles. The number of ether oxygens (including phenoxy) is 1. The molecule has 0 spiro atoms. The lowest BCUT2D eigenvalue weighted by molar-refractivity contribution is 0.142. The quantitative estimate of drug-likeness (QED) is 0.769. The van der Waals surface area contributed by atoms with Crippen molar-refractivity contribution in [3.05, 3.63) is 48.2 Å². The Hall–Kier alpha value is -1.42. The first-order valence-corrected chi connectivity index (χ1v) is 5.12. The van der Waals surface area contributed by atoms with Crippen LogP contribution in [0.4, 0.5) is 4.79 Å². The van der Waals surface area contributed by atoms with E-state index >= 15 is 0 Å². The molecule has 0 heterocycles. The predicted octanol–water partition coefficient (Wildman–Crippen LogP) is 2.36. The van der Waals surface area contributed by atoms with Crippen molar-refractivity contribution in [2.45, 2.75) is 6.61 Å². The standard InChI is InChI=1S/C11H13NO2S/c1-9(8-15)12-11(13)14-7-10-5-3-2-4-6-10/h2-6,15H,1,7-8H2,(H,12,13). The van der Waals surface area contributed by atoms with E-state index < -0.39 is 6.09 Å². The van der Waals surface area contributed by atoms with Crippen LogP contribution in [0.2, 0.25) is 0 Å². The van der Waals surface area contributed by atoms with Crippen LogP contribution in [0.1, 0.15) is 5.56 Å². The summed E-state index contributed by atoms with van der Waals surface area (Å²) in [4.78, 5) is 11.2. The van der Waals surface area contributed by atoms with Gasteiger partial charge in [0.25, 0.3) is 0 Å². The summed E-state index contributed by atoms with van der Waals surface area (Å²) in [7, 11) is 0. The van der Waals surface area contributed by atoms with Gasteiger partial charge in [-0.15, -0.1) is 0 Å². The molecular formula is C11H13NO2S. The van der Waals surface area contributed by atoms with Gasteiger partial charge in [-0.1, -0.05) is 36.9 Å². The molecule has 3 nitrogen and oxygen atoms in total.